The van der Waals surface area contributed by atoms with Gasteiger partial charge in [-0.3, -0.25) is 14.4 Å². The average Bonchev–Trinajstić information content (AvgIpc) is 3.39. The van der Waals surface area contributed by atoms with Gasteiger partial charge in [0.1, 0.15) is 13.2 Å². The van der Waals surface area contributed by atoms with Crippen molar-refractivity contribution in [2.75, 3.05) is 13.2 Å². The molecule has 0 radical (unpaired) electrons. The van der Waals surface area contributed by atoms with Crippen LogP contribution >= 0.6 is 0 Å². The molecule has 6 heteroatoms. The Balaban J connectivity index is 4.52. The maximum Gasteiger partial charge on any atom is 0.306 e. The van der Waals surface area contributed by atoms with E-state index in [1.165, 1.54) is 128 Å². The van der Waals surface area contributed by atoms with Gasteiger partial charge < -0.3 is 14.2 Å². The molecule has 0 saturated heterocycles. The monoisotopic (exact) mass is 1010 g/mol. The second-order valence-corrected chi connectivity index (χ2v) is 19.5. The van der Waals surface area contributed by atoms with Gasteiger partial charge in [0.2, 0.25) is 0 Å². The van der Waals surface area contributed by atoms with Gasteiger partial charge in [-0.05, 0) is 122 Å². The standard InChI is InChI=1S/C67H110O6/c1-4-7-10-13-16-19-22-25-28-31-32-33-34-37-39-42-45-48-51-54-57-60-66(69)72-63-64(73-67(70)61-58-55-52-49-46-43-40-36-30-27-24-21-18-15-12-9-6-3)62-71-65(68)59-56-53-50-47-44-41-38-35-29-26-23-20-17-14-11-8-5-2/h8,11,17-18,20-21,25-30,38,40-41,43,47,49-50,52,64H,4-7,9-10,12-16,19,22-24,31-37,39,42,44-46,48,51,53-63H2,1-3H3/b11-8-,20-17-,21-18-,28-25-,29-26-,30-27-,41-38-,43-40-,50-47-,52-49-/t64-/m1/s1. The van der Waals surface area contributed by atoms with E-state index < -0.39 is 6.10 Å². The van der Waals surface area contributed by atoms with Crippen LogP contribution in [0.2, 0.25) is 0 Å². The lowest BCUT2D eigenvalue weighted by molar-refractivity contribution is -0.167. The van der Waals surface area contributed by atoms with Gasteiger partial charge in [-0.25, -0.2) is 0 Å². The fraction of sp³-hybridized carbons (Fsp3) is 0.657. The van der Waals surface area contributed by atoms with Crippen LogP contribution in [0.15, 0.2) is 122 Å². The van der Waals surface area contributed by atoms with Crippen molar-refractivity contribution in [2.24, 2.45) is 0 Å². The first-order chi connectivity index (χ1) is 36.0. The van der Waals surface area contributed by atoms with E-state index >= 15 is 0 Å². The number of ether oxygens (including phenoxy) is 3. The van der Waals surface area contributed by atoms with Gasteiger partial charge in [0, 0.05) is 19.3 Å². The van der Waals surface area contributed by atoms with E-state index in [0.29, 0.717) is 19.3 Å². The first kappa shape index (κ1) is 68.8. The number of allylic oxidation sites excluding steroid dienone is 20. The van der Waals surface area contributed by atoms with E-state index in [1.54, 1.807) is 0 Å². The highest BCUT2D eigenvalue weighted by molar-refractivity contribution is 5.71. The molecule has 0 saturated carbocycles. The zero-order chi connectivity index (χ0) is 52.9. The Kier molecular flexibility index (Phi) is 56.9. The Labute approximate surface area is 450 Å². The number of carbonyl (C=O) groups excluding carboxylic acids is 3. The van der Waals surface area contributed by atoms with E-state index in [4.69, 9.17) is 14.2 Å². The third kappa shape index (κ3) is 58.6. The Morgan fingerprint density at radius 3 is 0.932 bits per heavy atom. The average molecular weight is 1010 g/mol. The number of unbranched alkanes of at least 4 members (excludes halogenated alkanes) is 22. The number of hydrogen-bond acceptors (Lipinski definition) is 6. The molecule has 0 N–H and O–H groups in total. The van der Waals surface area contributed by atoms with Gasteiger partial charge >= 0.3 is 17.9 Å². The van der Waals surface area contributed by atoms with Crippen molar-refractivity contribution in [1.29, 1.82) is 0 Å². The fourth-order valence-electron chi connectivity index (χ4n) is 7.94. The molecular formula is C67H110O6. The Morgan fingerprint density at radius 1 is 0.288 bits per heavy atom. The number of carbonyl (C=O) groups is 3. The minimum absolute atomic E-state index is 0.120. The van der Waals surface area contributed by atoms with Crippen molar-refractivity contribution in [1.82, 2.24) is 0 Å². The number of hydrogen-bond donors (Lipinski definition) is 0. The van der Waals surface area contributed by atoms with Gasteiger partial charge in [-0.2, -0.15) is 0 Å². The van der Waals surface area contributed by atoms with Crippen LogP contribution in [-0.4, -0.2) is 37.2 Å². The summed E-state index contributed by atoms with van der Waals surface area (Å²) in [6.07, 6.45) is 83.5. The summed E-state index contributed by atoms with van der Waals surface area (Å²) in [4.78, 5) is 38.2. The lowest BCUT2D eigenvalue weighted by Crippen LogP contribution is -2.30. The Hall–Kier alpha value is -4.19. The van der Waals surface area contributed by atoms with Crippen molar-refractivity contribution < 1.29 is 28.6 Å². The largest absolute Gasteiger partial charge is 0.462 e. The zero-order valence-corrected chi connectivity index (χ0v) is 47.4. The smallest absolute Gasteiger partial charge is 0.306 e. The molecule has 0 aliphatic heterocycles. The summed E-state index contributed by atoms with van der Waals surface area (Å²) >= 11 is 0. The topological polar surface area (TPSA) is 78.9 Å². The van der Waals surface area contributed by atoms with E-state index in [2.05, 4.69) is 142 Å². The van der Waals surface area contributed by atoms with Crippen molar-refractivity contribution >= 4 is 17.9 Å². The molecule has 0 bridgehead atoms. The molecule has 0 aliphatic rings. The SMILES string of the molecule is CC/C=C\C/C=C\C/C=C\C/C=C\C/C=C\CCCC(=O)OC[C@H](COC(=O)CCCCCCCCCCCCC/C=C\CCCCCCCC)OC(=O)CCC/C=C\C/C=C\C/C=C\C/C=C\CCCCC. The minimum Gasteiger partial charge on any atom is -0.462 e. The lowest BCUT2D eigenvalue weighted by Gasteiger charge is -2.18. The van der Waals surface area contributed by atoms with Crippen LogP contribution in [-0.2, 0) is 28.6 Å². The quantitative estimate of drug-likeness (QED) is 0.0261. The summed E-state index contributed by atoms with van der Waals surface area (Å²) in [5.41, 5.74) is 0. The highest BCUT2D eigenvalue weighted by atomic mass is 16.6. The Bertz CT molecular complexity index is 1540. The van der Waals surface area contributed by atoms with Crippen LogP contribution < -0.4 is 0 Å². The van der Waals surface area contributed by atoms with Crippen molar-refractivity contribution in [3.63, 3.8) is 0 Å². The molecule has 0 fully saturated rings. The third-order valence-electron chi connectivity index (χ3n) is 12.4. The molecule has 0 unspecified atom stereocenters. The summed E-state index contributed by atoms with van der Waals surface area (Å²) in [5, 5.41) is 0. The third-order valence-corrected chi connectivity index (χ3v) is 12.4. The maximum absolute atomic E-state index is 12.9. The van der Waals surface area contributed by atoms with E-state index in [0.717, 1.165) is 83.5 Å². The van der Waals surface area contributed by atoms with Gasteiger partial charge in [-0.1, -0.05) is 245 Å². The first-order valence-corrected chi connectivity index (χ1v) is 30.0. The molecule has 0 heterocycles. The van der Waals surface area contributed by atoms with Crippen molar-refractivity contribution in [3.05, 3.63) is 122 Å². The van der Waals surface area contributed by atoms with Gasteiger partial charge in [0.25, 0.3) is 0 Å². The van der Waals surface area contributed by atoms with Crippen LogP contribution in [0.3, 0.4) is 0 Å². The van der Waals surface area contributed by atoms with Crippen LogP contribution in [0, 0.1) is 0 Å². The van der Waals surface area contributed by atoms with E-state index in [1.807, 2.05) is 0 Å². The molecular weight excluding hydrogens is 901 g/mol. The molecule has 1 atom stereocenters. The molecule has 73 heavy (non-hydrogen) atoms. The fourth-order valence-corrected chi connectivity index (χ4v) is 7.94. The second-order valence-electron chi connectivity index (χ2n) is 19.5. The molecule has 6 nitrogen and oxygen atoms in total. The summed E-state index contributed by atoms with van der Waals surface area (Å²) in [6.45, 7) is 6.41. The predicted octanol–water partition coefficient (Wildman–Crippen LogP) is 20.4. The normalized spacial score (nSPS) is 13.0. The second kappa shape index (κ2) is 60.4. The molecule has 0 rings (SSSR count). The molecule has 0 aromatic heterocycles. The lowest BCUT2D eigenvalue weighted by atomic mass is 10.0. The molecule has 0 spiro atoms. The first-order valence-electron chi connectivity index (χ1n) is 30.0. The zero-order valence-electron chi connectivity index (χ0n) is 47.4. The van der Waals surface area contributed by atoms with Gasteiger partial charge in [0.15, 0.2) is 6.10 Å². The van der Waals surface area contributed by atoms with Gasteiger partial charge in [0.05, 0.1) is 0 Å². The molecule has 414 valence electrons. The van der Waals surface area contributed by atoms with Crippen LogP contribution in [0.25, 0.3) is 0 Å². The van der Waals surface area contributed by atoms with Crippen LogP contribution in [0.1, 0.15) is 265 Å². The molecule has 0 amide bonds. The summed E-state index contributed by atoms with van der Waals surface area (Å²) < 4.78 is 16.8. The number of rotatable bonds is 53. The van der Waals surface area contributed by atoms with E-state index in [-0.39, 0.29) is 44.0 Å². The van der Waals surface area contributed by atoms with Crippen molar-refractivity contribution in [3.8, 4) is 0 Å². The van der Waals surface area contributed by atoms with Crippen LogP contribution in [0.5, 0.6) is 0 Å². The van der Waals surface area contributed by atoms with E-state index in [9.17, 15) is 14.4 Å². The van der Waals surface area contributed by atoms with Crippen LogP contribution in [0.4, 0.5) is 0 Å². The maximum atomic E-state index is 12.9. The summed E-state index contributed by atoms with van der Waals surface area (Å²) in [6, 6.07) is 0. The van der Waals surface area contributed by atoms with Gasteiger partial charge in [-0.15, -0.1) is 0 Å². The minimum atomic E-state index is -0.834. The molecule has 0 aromatic rings. The highest BCUT2D eigenvalue weighted by Gasteiger charge is 2.19. The summed E-state index contributed by atoms with van der Waals surface area (Å²) in [5.74, 6) is -1.04. The predicted molar refractivity (Wildman–Crippen MR) is 316 cm³/mol. The van der Waals surface area contributed by atoms with Crippen molar-refractivity contribution in [2.45, 2.75) is 271 Å². The number of esters is 3. The Morgan fingerprint density at radius 2 is 0.548 bits per heavy atom. The molecule has 0 aromatic carbocycles. The summed E-state index contributed by atoms with van der Waals surface area (Å²) in [7, 11) is 0. The highest BCUT2D eigenvalue weighted by Crippen LogP contribution is 2.15. The molecule has 0 aliphatic carbocycles.